The fraction of sp³-hybridized carbons (Fsp3) is 0.296. The van der Waals surface area contributed by atoms with Gasteiger partial charge in [-0.1, -0.05) is 13.2 Å². The Morgan fingerprint density at radius 2 is 1.81 bits per heavy atom. The molecule has 0 aromatic heterocycles. The number of benzene rings is 2. The molecule has 186 valence electrons. The lowest BCUT2D eigenvalue weighted by Gasteiger charge is -2.38. The molecule has 0 atom stereocenters. The van der Waals surface area contributed by atoms with Crippen molar-refractivity contribution in [3.8, 4) is 11.5 Å². The van der Waals surface area contributed by atoms with Gasteiger partial charge in [-0.2, -0.15) is 0 Å². The minimum absolute atomic E-state index is 0.0535. The fourth-order valence-electron chi connectivity index (χ4n) is 4.91. The van der Waals surface area contributed by atoms with E-state index in [0.717, 1.165) is 30.0 Å². The number of fused-ring (bicyclic) bond motifs is 2. The number of nitrogens with zero attached hydrogens (tertiary/aromatic N) is 3. The quantitative estimate of drug-likeness (QED) is 0.443. The normalized spacial score (nSPS) is 18.6. The van der Waals surface area contributed by atoms with Crippen LogP contribution in [0.2, 0.25) is 0 Å². The Morgan fingerprint density at radius 1 is 1.06 bits per heavy atom. The van der Waals surface area contributed by atoms with Crippen LogP contribution in [0.1, 0.15) is 18.4 Å². The van der Waals surface area contributed by atoms with E-state index in [1.807, 2.05) is 30.5 Å². The second kappa shape index (κ2) is 8.74. The molecule has 36 heavy (non-hydrogen) atoms. The Hall–Kier alpha value is -3.72. The molecule has 4 aliphatic rings. The highest BCUT2D eigenvalue weighted by Crippen LogP contribution is 2.45. The average molecular weight is 507 g/mol. The first-order valence-corrected chi connectivity index (χ1v) is 12.4. The zero-order valence-corrected chi connectivity index (χ0v) is 20.6. The van der Waals surface area contributed by atoms with Crippen LogP contribution in [0.15, 0.2) is 61.0 Å². The predicted molar refractivity (Wildman–Crippen MR) is 143 cm³/mol. The minimum Gasteiger partial charge on any atom is -0.508 e. The topological polar surface area (TPSA) is 60.4 Å². The van der Waals surface area contributed by atoms with Crippen molar-refractivity contribution in [1.29, 1.82) is 0 Å². The van der Waals surface area contributed by atoms with E-state index in [1.165, 1.54) is 6.07 Å². The lowest BCUT2D eigenvalue weighted by molar-refractivity contribution is 0.174. The van der Waals surface area contributed by atoms with Crippen LogP contribution >= 0.6 is 12.2 Å². The van der Waals surface area contributed by atoms with Crippen molar-refractivity contribution in [2.24, 2.45) is 0 Å². The van der Waals surface area contributed by atoms with E-state index in [2.05, 4.69) is 33.2 Å². The average Bonchev–Trinajstić information content (AvgIpc) is 3.61. The van der Waals surface area contributed by atoms with Crippen LogP contribution in [-0.2, 0) is 0 Å². The van der Waals surface area contributed by atoms with Gasteiger partial charge in [0.2, 0.25) is 6.79 Å². The van der Waals surface area contributed by atoms with Crippen LogP contribution in [0.25, 0.3) is 5.57 Å². The highest BCUT2D eigenvalue weighted by atomic mass is 32.1. The van der Waals surface area contributed by atoms with E-state index in [9.17, 15) is 5.11 Å². The minimum atomic E-state index is -0.301. The monoisotopic (exact) mass is 506 g/mol. The number of allylic oxidation sites excluding steroid dienone is 1. The summed E-state index contributed by atoms with van der Waals surface area (Å²) in [6.07, 6.45) is 4.02. The van der Waals surface area contributed by atoms with Gasteiger partial charge in [-0.3, -0.25) is 0 Å². The fourth-order valence-corrected chi connectivity index (χ4v) is 5.21. The van der Waals surface area contributed by atoms with E-state index < -0.39 is 0 Å². The van der Waals surface area contributed by atoms with E-state index in [0.29, 0.717) is 65.5 Å². The Morgan fingerprint density at radius 3 is 2.53 bits per heavy atom. The zero-order chi connectivity index (χ0) is 25.0. The molecule has 1 aliphatic carbocycles. The highest BCUT2D eigenvalue weighted by Gasteiger charge is 2.35. The molecule has 3 heterocycles. The van der Waals surface area contributed by atoms with Gasteiger partial charge in [0.15, 0.2) is 16.6 Å². The number of nitrogens with one attached hydrogen (secondary N) is 1. The summed E-state index contributed by atoms with van der Waals surface area (Å²) in [4.78, 5) is 6.28. The maximum Gasteiger partial charge on any atom is 0.231 e. The van der Waals surface area contributed by atoms with Crippen LogP contribution in [0.3, 0.4) is 0 Å². The Labute approximate surface area is 214 Å². The molecule has 2 N–H and O–H groups in total. The van der Waals surface area contributed by atoms with Gasteiger partial charge in [0, 0.05) is 61.3 Å². The summed E-state index contributed by atoms with van der Waals surface area (Å²) in [6, 6.07) is 9.44. The Bertz CT molecular complexity index is 1310. The van der Waals surface area contributed by atoms with Crippen LogP contribution < -0.4 is 24.6 Å². The van der Waals surface area contributed by atoms with Gasteiger partial charge < -0.3 is 34.6 Å². The van der Waals surface area contributed by atoms with Gasteiger partial charge in [0.05, 0.1) is 11.4 Å². The number of thiocarbonyl (C=S) groups is 1. The number of halogens is 1. The largest absolute Gasteiger partial charge is 0.508 e. The van der Waals surface area contributed by atoms with Crippen LogP contribution in [-0.4, -0.2) is 54.1 Å². The molecule has 2 aromatic carbocycles. The molecule has 0 amide bonds. The van der Waals surface area contributed by atoms with Gasteiger partial charge in [-0.15, -0.1) is 0 Å². The van der Waals surface area contributed by atoms with Crippen molar-refractivity contribution in [1.82, 2.24) is 4.90 Å². The van der Waals surface area contributed by atoms with Crippen molar-refractivity contribution in [3.05, 3.63) is 72.4 Å². The highest BCUT2D eigenvalue weighted by molar-refractivity contribution is 7.80. The number of rotatable bonds is 4. The molecule has 0 spiro atoms. The van der Waals surface area contributed by atoms with Crippen molar-refractivity contribution in [2.75, 3.05) is 48.1 Å². The third-order valence-corrected chi connectivity index (χ3v) is 7.40. The van der Waals surface area contributed by atoms with Crippen molar-refractivity contribution in [3.63, 3.8) is 0 Å². The van der Waals surface area contributed by atoms with E-state index in [1.54, 1.807) is 0 Å². The summed E-state index contributed by atoms with van der Waals surface area (Å²) in [5.74, 6) is 1.07. The molecule has 1 saturated heterocycles. The van der Waals surface area contributed by atoms with Crippen molar-refractivity contribution >= 4 is 40.0 Å². The number of ether oxygens (including phenoxy) is 2. The van der Waals surface area contributed by atoms with Crippen LogP contribution in [0.5, 0.6) is 11.5 Å². The first-order valence-electron chi connectivity index (χ1n) is 12.0. The molecule has 7 nitrogen and oxygen atoms in total. The summed E-state index contributed by atoms with van der Waals surface area (Å²) in [7, 11) is 0. The molecule has 1 saturated carbocycles. The molecular formula is C27H27FN4O3S. The number of aliphatic hydroxyl groups is 1. The van der Waals surface area contributed by atoms with Gasteiger partial charge in [0.25, 0.3) is 0 Å². The van der Waals surface area contributed by atoms with Crippen LogP contribution in [0.4, 0.5) is 21.5 Å². The third-order valence-electron chi connectivity index (χ3n) is 7.04. The van der Waals surface area contributed by atoms with E-state index in [-0.39, 0.29) is 18.4 Å². The maximum absolute atomic E-state index is 15.4. The Balaban J connectivity index is 1.17. The number of aliphatic hydroxyl groups excluding tert-OH is 1. The first kappa shape index (κ1) is 22.7. The smallest absolute Gasteiger partial charge is 0.231 e. The lowest BCUT2D eigenvalue weighted by atomic mass is 9.92. The molecule has 6 rings (SSSR count). The number of hydrogen-bond acceptors (Lipinski definition) is 6. The molecule has 2 aromatic rings. The second-order valence-corrected chi connectivity index (χ2v) is 9.79. The molecule has 9 heteroatoms. The van der Waals surface area contributed by atoms with Crippen molar-refractivity contribution < 1.29 is 19.0 Å². The maximum atomic E-state index is 15.4. The first-order chi connectivity index (χ1) is 17.4. The van der Waals surface area contributed by atoms with Crippen LogP contribution in [0, 0.1) is 5.82 Å². The summed E-state index contributed by atoms with van der Waals surface area (Å²) in [5.41, 5.74) is 4.17. The predicted octanol–water partition coefficient (Wildman–Crippen LogP) is 5.02. The molecule has 0 radical (unpaired) electrons. The van der Waals surface area contributed by atoms with Gasteiger partial charge in [-0.05, 0) is 54.9 Å². The number of anilines is 3. The molecule has 3 aliphatic heterocycles. The molecule has 0 bridgehead atoms. The summed E-state index contributed by atoms with van der Waals surface area (Å²) >= 11 is 5.64. The van der Waals surface area contributed by atoms with Gasteiger partial charge in [0.1, 0.15) is 11.6 Å². The lowest BCUT2D eigenvalue weighted by Crippen LogP contribution is -2.50. The SMILES string of the molecule is C=C(O)C1=CN(C2CC2)c2cc(N3CCN(C(=S)Nc4ccc5c(c4)OCO5)CC3)c(F)cc2C1=C. The summed E-state index contributed by atoms with van der Waals surface area (Å²) in [6.45, 7) is 10.6. The summed E-state index contributed by atoms with van der Waals surface area (Å²) in [5, 5.41) is 13.9. The van der Waals surface area contributed by atoms with E-state index in [4.69, 9.17) is 21.7 Å². The number of piperazine rings is 1. The zero-order valence-electron chi connectivity index (χ0n) is 19.8. The third kappa shape index (κ3) is 4.03. The van der Waals surface area contributed by atoms with Crippen molar-refractivity contribution in [2.45, 2.75) is 18.9 Å². The van der Waals surface area contributed by atoms with Gasteiger partial charge in [-0.25, -0.2) is 4.39 Å². The molecular weight excluding hydrogens is 479 g/mol. The molecule has 2 fully saturated rings. The molecule has 0 unspecified atom stereocenters. The van der Waals surface area contributed by atoms with E-state index >= 15 is 4.39 Å². The second-order valence-electron chi connectivity index (χ2n) is 9.40. The Kier molecular flexibility index (Phi) is 5.52. The van der Waals surface area contributed by atoms with Gasteiger partial charge >= 0.3 is 0 Å². The standard InChI is InChI=1S/C27H27FN4O3S/c1-16-20-12-22(28)24(13-23(20)32(19-4-5-19)14-21(16)17(2)33)30-7-9-31(10-8-30)27(36)29-18-3-6-25-26(11-18)35-15-34-25/h3,6,11-14,19,33H,1-2,4-5,7-10,15H2,(H,29,36). The number of hydrogen-bond donors (Lipinski definition) is 2. The summed E-state index contributed by atoms with van der Waals surface area (Å²) < 4.78 is 26.2.